The van der Waals surface area contributed by atoms with Gasteiger partial charge in [-0.2, -0.15) is 5.10 Å². The van der Waals surface area contributed by atoms with Crippen molar-refractivity contribution in [2.24, 2.45) is 4.99 Å². The number of hydrogen-bond acceptors (Lipinski definition) is 5. The Labute approximate surface area is 180 Å². The third kappa shape index (κ3) is 6.03. The summed E-state index contributed by atoms with van der Waals surface area (Å²) in [5.74, 6) is 1.71. The Kier molecular flexibility index (Phi) is 8.74. The number of aromatic nitrogens is 4. The van der Waals surface area contributed by atoms with E-state index < -0.39 is 0 Å². The second-order valence-electron chi connectivity index (χ2n) is 6.37. The van der Waals surface area contributed by atoms with E-state index in [2.05, 4.69) is 25.7 Å². The van der Waals surface area contributed by atoms with Gasteiger partial charge in [-0.25, -0.2) is 19.5 Å². The molecular weight excluding hydrogens is 477 g/mol. The number of nitrogens with one attached hydrogen (secondary N) is 2. The first-order valence-corrected chi connectivity index (χ1v) is 10.1. The van der Waals surface area contributed by atoms with Crippen LogP contribution in [0.2, 0.25) is 0 Å². The van der Waals surface area contributed by atoms with E-state index in [1.807, 2.05) is 24.6 Å². The van der Waals surface area contributed by atoms with E-state index in [0.717, 1.165) is 62.1 Å². The summed E-state index contributed by atoms with van der Waals surface area (Å²) in [6, 6.07) is 0. The van der Waals surface area contributed by atoms with Gasteiger partial charge < -0.3 is 10.6 Å². The van der Waals surface area contributed by atoms with Gasteiger partial charge in [0.05, 0.1) is 6.54 Å². The van der Waals surface area contributed by atoms with Gasteiger partial charge in [0.1, 0.15) is 10.8 Å². The average Bonchev–Trinajstić information content (AvgIpc) is 3.20. The van der Waals surface area contributed by atoms with E-state index in [4.69, 9.17) is 0 Å². The van der Waals surface area contributed by atoms with Gasteiger partial charge >= 0.3 is 5.69 Å². The molecule has 150 valence electrons. The molecule has 0 saturated heterocycles. The van der Waals surface area contributed by atoms with Crippen LogP contribution in [-0.2, 0) is 26.1 Å². The second kappa shape index (κ2) is 10.8. The van der Waals surface area contributed by atoms with Crippen LogP contribution in [0.5, 0.6) is 0 Å². The van der Waals surface area contributed by atoms with Gasteiger partial charge in [-0.15, -0.1) is 35.3 Å². The fraction of sp³-hybridized carbons (Fsp3) is 0.647. The highest BCUT2D eigenvalue weighted by atomic mass is 127. The first-order valence-electron chi connectivity index (χ1n) is 9.27. The zero-order valence-electron chi connectivity index (χ0n) is 15.9. The maximum absolute atomic E-state index is 12.3. The fourth-order valence-electron chi connectivity index (χ4n) is 2.99. The van der Waals surface area contributed by atoms with Crippen LogP contribution in [0, 0.1) is 6.92 Å². The molecule has 0 radical (unpaired) electrons. The Morgan fingerprint density at radius 1 is 1.37 bits per heavy atom. The van der Waals surface area contributed by atoms with Crippen LogP contribution in [-0.4, -0.2) is 38.4 Å². The summed E-state index contributed by atoms with van der Waals surface area (Å²) in [5.41, 5.74) is 0.0272. The normalized spacial score (nSPS) is 13.8. The second-order valence-corrected chi connectivity index (χ2v) is 7.69. The third-order valence-electron chi connectivity index (χ3n) is 4.26. The summed E-state index contributed by atoms with van der Waals surface area (Å²) in [4.78, 5) is 22.4. The number of aliphatic imine (C=N–C) groups is 1. The van der Waals surface area contributed by atoms with Gasteiger partial charge in [0, 0.05) is 43.7 Å². The molecule has 0 amide bonds. The molecule has 1 aliphatic heterocycles. The van der Waals surface area contributed by atoms with Gasteiger partial charge in [0.25, 0.3) is 0 Å². The van der Waals surface area contributed by atoms with E-state index >= 15 is 0 Å². The smallest absolute Gasteiger partial charge is 0.345 e. The summed E-state index contributed by atoms with van der Waals surface area (Å²) < 4.78 is 3.42. The molecule has 0 unspecified atom stereocenters. The number of aryl methyl sites for hydroxylation is 3. The predicted octanol–water partition coefficient (Wildman–Crippen LogP) is 1.91. The molecule has 3 rings (SSSR count). The van der Waals surface area contributed by atoms with Crippen molar-refractivity contribution in [3.63, 3.8) is 0 Å². The van der Waals surface area contributed by atoms with Crippen LogP contribution in [0.1, 0.15) is 41.9 Å². The largest absolute Gasteiger partial charge is 0.357 e. The molecule has 3 heterocycles. The number of nitrogens with zero attached hydrogens (tertiary/aromatic N) is 5. The Morgan fingerprint density at radius 3 is 2.93 bits per heavy atom. The highest BCUT2D eigenvalue weighted by Gasteiger charge is 2.16. The van der Waals surface area contributed by atoms with Gasteiger partial charge in [0.15, 0.2) is 5.96 Å². The van der Waals surface area contributed by atoms with Crippen molar-refractivity contribution >= 4 is 41.3 Å². The minimum Gasteiger partial charge on any atom is -0.357 e. The van der Waals surface area contributed by atoms with E-state index in [-0.39, 0.29) is 29.7 Å². The van der Waals surface area contributed by atoms with Gasteiger partial charge in [-0.1, -0.05) is 0 Å². The lowest BCUT2D eigenvalue weighted by atomic mass is 10.2. The van der Waals surface area contributed by atoms with Crippen molar-refractivity contribution in [3.8, 4) is 0 Å². The summed E-state index contributed by atoms with van der Waals surface area (Å²) in [7, 11) is 0. The number of hydrogen-bond donors (Lipinski definition) is 2. The highest BCUT2D eigenvalue weighted by Crippen LogP contribution is 2.12. The van der Waals surface area contributed by atoms with Crippen LogP contribution in [0.15, 0.2) is 16.0 Å². The fourth-order valence-corrected chi connectivity index (χ4v) is 3.70. The van der Waals surface area contributed by atoms with Crippen molar-refractivity contribution in [1.29, 1.82) is 0 Å². The van der Waals surface area contributed by atoms with Crippen LogP contribution < -0.4 is 16.3 Å². The molecule has 27 heavy (non-hydrogen) atoms. The van der Waals surface area contributed by atoms with Gasteiger partial charge in [-0.3, -0.25) is 4.57 Å². The lowest BCUT2D eigenvalue weighted by Crippen LogP contribution is -2.38. The molecule has 0 aliphatic carbocycles. The molecule has 2 aromatic heterocycles. The van der Waals surface area contributed by atoms with Crippen molar-refractivity contribution in [2.45, 2.75) is 59.2 Å². The molecule has 0 atom stereocenters. The number of fused-ring (bicyclic) bond motifs is 1. The SMILES string of the molecule is CCNC(=NCc1ncc(C)s1)NCCCn1nc2n(c1=O)CCCC2.I. The number of thiazole rings is 1. The number of halogens is 1. The lowest BCUT2D eigenvalue weighted by molar-refractivity contribution is 0.509. The molecule has 0 aromatic carbocycles. The Morgan fingerprint density at radius 2 is 2.22 bits per heavy atom. The summed E-state index contributed by atoms with van der Waals surface area (Å²) in [6.07, 6.45) is 5.80. The molecule has 10 heteroatoms. The molecule has 0 bridgehead atoms. The first kappa shape index (κ1) is 21.9. The minimum absolute atomic E-state index is 0. The average molecular weight is 505 g/mol. The third-order valence-corrected chi connectivity index (χ3v) is 5.15. The molecule has 0 spiro atoms. The summed E-state index contributed by atoms with van der Waals surface area (Å²) in [6.45, 7) is 7.62. The highest BCUT2D eigenvalue weighted by molar-refractivity contribution is 14.0. The molecule has 2 aromatic rings. The maximum Gasteiger partial charge on any atom is 0.345 e. The number of guanidine groups is 1. The van der Waals surface area contributed by atoms with Crippen molar-refractivity contribution in [1.82, 2.24) is 30.0 Å². The van der Waals surface area contributed by atoms with Gasteiger partial charge in [-0.05, 0) is 33.1 Å². The van der Waals surface area contributed by atoms with Crippen LogP contribution in [0.3, 0.4) is 0 Å². The van der Waals surface area contributed by atoms with Crippen molar-refractivity contribution < 1.29 is 0 Å². The van der Waals surface area contributed by atoms with Crippen molar-refractivity contribution in [2.75, 3.05) is 13.1 Å². The summed E-state index contributed by atoms with van der Waals surface area (Å²) in [5, 5.41) is 12.0. The lowest BCUT2D eigenvalue weighted by Gasteiger charge is -2.10. The molecule has 1 aliphatic rings. The van der Waals surface area contributed by atoms with E-state index in [1.54, 1.807) is 16.0 Å². The Bertz CT molecular complexity index is 811. The Hall–Kier alpha value is -1.43. The molecule has 0 saturated carbocycles. The van der Waals surface area contributed by atoms with E-state index in [1.165, 1.54) is 4.88 Å². The standard InChI is InChI=1S/C17H27N7OS.HI/c1-3-18-16(21-12-15-20-11-13(2)26-15)19-8-6-10-24-17(25)23-9-5-4-7-14(23)22-24;/h11H,3-10,12H2,1-2H3,(H2,18,19,21);1H. The monoisotopic (exact) mass is 505 g/mol. The number of rotatable bonds is 7. The van der Waals surface area contributed by atoms with Crippen LogP contribution >= 0.6 is 35.3 Å². The minimum atomic E-state index is 0. The topological polar surface area (TPSA) is 89.1 Å². The van der Waals surface area contributed by atoms with Crippen LogP contribution in [0.4, 0.5) is 0 Å². The van der Waals surface area contributed by atoms with Crippen molar-refractivity contribution in [3.05, 3.63) is 32.4 Å². The first-order chi connectivity index (χ1) is 12.7. The van der Waals surface area contributed by atoms with Gasteiger partial charge in [0.2, 0.25) is 0 Å². The van der Waals surface area contributed by atoms with E-state index in [0.29, 0.717) is 13.1 Å². The zero-order valence-corrected chi connectivity index (χ0v) is 19.0. The molecule has 0 fully saturated rings. The predicted molar refractivity (Wildman–Crippen MR) is 119 cm³/mol. The van der Waals surface area contributed by atoms with Crippen LogP contribution in [0.25, 0.3) is 0 Å². The van der Waals surface area contributed by atoms with E-state index in [9.17, 15) is 4.79 Å². The molecule has 2 N–H and O–H groups in total. The quantitative estimate of drug-likeness (QED) is 0.260. The zero-order chi connectivity index (χ0) is 18.4. The molecular formula is C17H28IN7OS. The molecule has 8 nitrogen and oxygen atoms in total. The maximum atomic E-state index is 12.3. The summed E-state index contributed by atoms with van der Waals surface area (Å²) >= 11 is 1.67. The Balaban J connectivity index is 0.00000261.